The Morgan fingerprint density at radius 2 is 1.71 bits per heavy atom. The van der Waals surface area contributed by atoms with Crippen LogP contribution in [0.25, 0.3) is 0 Å². The molecule has 1 N–H and O–H groups in total. The average molecular weight is 342 g/mol. The van der Waals surface area contributed by atoms with Crippen LogP contribution in [0.5, 0.6) is 0 Å². The fourth-order valence-corrected chi connectivity index (χ4v) is 3.67. The smallest absolute Gasteiger partial charge is 0.221 e. The van der Waals surface area contributed by atoms with Crippen LogP contribution in [0.4, 0.5) is 0 Å². The zero-order chi connectivity index (χ0) is 17.5. The lowest BCUT2D eigenvalue weighted by Crippen LogP contribution is -2.27. The Morgan fingerprint density at radius 1 is 1.04 bits per heavy atom. The number of benzene rings is 2. The van der Waals surface area contributed by atoms with E-state index in [1.807, 2.05) is 6.07 Å². The van der Waals surface area contributed by atoms with Crippen LogP contribution >= 0.6 is 11.8 Å². The molecule has 0 spiro atoms. The molecule has 0 unspecified atom stereocenters. The summed E-state index contributed by atoms with van der Waals surface area (Å²) in [5.41, 5.74) is 6.33. The van der Waals surface area contributed by atoms with Crippen molar-refractivity contribution in [2.24, 2.45) is 0 Å². The summed E-state index contributed by atoms with van der Waals surface area (Å²) >= 11 is 1.80. The number of thioether (sulfide) groups is 1. The minimum absolute atomic E-state index is 0.0518. The summed E-state index contributed by atoms with van der Waals surface area (Å²) in [4.78, 5) is 12.2. The van der Waals surface area contributed by atoms with Crippen molar-refractivity contribution in [3.63, 3.8) is 0 Å². The minimum atomic E-state index is 0.0518. The van der Waals surface area contributed by atoms with Crippen LogP contribution in [0, 0.1) is 20.8 Å². The molecule has 0 fully saturated rings. The SMILES string of the molecule is Cc1cc(C)c([C@@H](C)NC(=O)CCSCc2ccccc2)cc1C. The summed E-state index contributed by atoms with van der Waals surface area (Å²) in [5.74, 6) is 1.93. The standard InChI is InChI=1S/C21H27NOS/c1-15-12-17(3)20(13-16(15)2)18(4)22-21(23)10-11-24-14-19-8-6-5-7-9-19/h5-9,12-13,18H,10-11,14H2,1-4H3,(H,22,23)/t18-/m1/s1. The Morgan fingerprint density at radius 3 is 2.42 bits per heavy atom. The highest BCUT2D eigenvalue weighted by Crippen LogP contribution is 2.22. The number of nitrogens with one attached hydrogen (secondary N) is 1. The lowest BCUT2D eigenvalue weighted by atomic mass is 9.96. The Kier molecular flexibility index (Phi) is 6.92. The normalized spacial score (nSPS) is 12.0. The third-order valence-corrected chi connectivity index (χ3v) is 5.34. The molecular weight excluding hydrogens is 314 g/mol. The minimum Gasteiger partial charge on any atom is -0.350 e. The van der Waals surface area contributed by atoms with Gasteiger partial charge in [0.2, 0.25) is 5.91 Å². The van der Waals surface area contributed by atoms with Crippen molar-refractivity contribution in [3.8, 4) is 0 Å². The van der Waals surface area contributed by atoms with Crippen LogP contribution in [-0.2, 0) is 10.5 Å². The molecule has 3 heteroatoms. The number of hydrogen-bond acceptors (Lipinski definition) is 2. The van der Waals surface area contributed by atoms with Gasteiger partial charge in [-0.25, -0.2) is 0 Å². The van der Waals surface area contributed by atoms with Crippen molar-refractivity contribution in [1.82, 2.24) is 5.32 Å². The molecule has 0 aromatic heterocycles. The third-order valence-electron chi connectivity index (χ3n) is 4.31. The van der Waals surface area contributed by atoms with Gasteiger partial charge in [0.05, 0.1) is 6.04 Å². The molecule has 128 valence electrons. The Hall–Kier alpha value is -1.74. The van der Waals surface area contributed by atoms with Crippen molar-refractivity contribution in [3.05, 3.63) is 70.3 Å². The Bertz CT molecular complexity index is 682. The molecule has 0 aliphatic carbocycles. The van der Waals surface area contributed by atoms with Crippen molar-refractivity contribution in [1.29, 1.82) is 0 Å². The maximum Gasteiger partial charge on any atom is 0.221 e. The van der Waals surface area contributed by atoms with Gasteiger partial charge in [0, 0.05) is 17.9 Å². The van der Waals surface area contributed by atoms with Gasteiger partial charge in [0.1, 0.15) is 0 Å². The van der Waals surface area contributed by atoms with Crippen LogP contribution in [0.3, 0.4) is 0 Å². The molecule has 24 heavy (non-hydrogen) atoms. The Labute approximate surface area is 150 Å². The summed E-state index contributed by atoms with van der Waals surface area (Å²) in [6.45, 7) is 8.42. The van der Waals surface area contributed by atoms with Crippen LogP contribution in [0.1, 0.15) is 47.2 Å². The van der Waals surface area contributed by atoms with Gasteiger partial charge in [-0.15, -0.1) is 0 Å². The second-order valence-corrected chi connectivity index (χ2v) is 7.48. The van der Waals surface area contributed by atoms with Gasteiger partial charge in [-0.05, 0) is 55.5 Å². The summed E-state index contributed by atoms with van der Waals surface area (Å²) < 4.78 is 0. The monoisotopic (exact) mass is 341 g/mol. The Balaban J connectivity index is 1.78. The third kappa shape index (κ3) is 5.41. The van der Waals surface area contributed by atoms with Gasteiger partial charge < -0.3 is 5.32 Å². The van der Waals surface area contributed by atoms with Crippen molar-refractivity contribution in [2.75, 3.05) is 5.75 Å². The molecule has 0 aliphatic heterocycles. The lowest BCUT2D eigenvalue weighted by molar-refractivity contribution is -0.121. The zero-order valence-electron chi connectivity index (χ0n) is 15.1. The molecule has 0 aliphatic rings. The quantitative estimate of drug-likeness (QED) is 0.709. The highest BCUT2D eigenvalue weighted by molar-refractivity contribution is 7.98. The number of hydrogen-bond donors (Lipinski definition) is 1. The van der Waals surface area contributed by atoms with E-state index in [1.54, 1.807) is 11.8 Å². The fourth-order valence-electron chi connectivity index (χ4n) is 2.77. The molecule has 2 aromatic rings. The van der Waals surface area contributed by atoms with Crippen LogP contribution in [0.15, 0.2) is 42.5 Å². The van der Waals surface area contributed by atoms with E-state index in [2.05, 4.69) is 69.4 Å². The molecule has 0 heterocycles. The first kappa shape index (κ1) is 18.6. The van der Waals surface area contributed by atoms with Gasteiger partial charge in [-0.2, -0.15) is 11.8 Å². The average Bonchev–Trinajstić information content (AvgIpc) is 2.56. The molecule has 0 saturated carbocycles. The number of carbonyl (C=O) groups is 1. The summed E-state index contributed by atoms with van der Waals surface area (Å²) in [7, 11) is 0. The highest BCUT2D eigenvalue weighted by atomic mass is 32.2. The number of amides is 1. The van der Waals surface area contributed by atoms with Crippen LogP contribution in [-0.4, -0.2) is 11.7 Å². The van der Waals surface area contributed by atoms with E-state index in [0.717, 1.165) is 11.5 Å². The first-order valence-electron chi connectivity index (χ1n) is 8.46. The highest BCUT2D eigenvalue weighted by Gasteiger charge is 2.12. The molecule has 0 bridgehead atoms. The first-order chi connectivity index (χ1) is 11.5. The summed E-state index contributed by atoms with van der Waals surface area (Å²) in [6.07, 6.45) is 0.561. The number of aryl methyl sites for hydroxylation is 3. The number of rotatable bonds is 7. The van der Waals surface area contributed by atoms with Gasteiger partial charge in [0.15, 0.2) is 0 Å². The van der Waals surface area contributed by atoms with E-state index in [9.17, 15) is 4.79 Å². The zero-order valence-corrected chi connectivity index (χ0v) is 15.9. The van der Waals surface area contributed by atoms with E-state index in [-0.39, 0.29) is 11.9 Å². The molecule has 2 aromatic carbocycles. The summed E-state index contributed by atoms with van der Waals surface area (Å²) in [6, 6.07) is 14.8. The molecule has 0 saturated heterocycles. The van der Waals surface area contributed by atoms with Gasteiger partial charge >= 0.3 is 0 Å². The predicted octanol–water partition coefficient (Wildman–Crippen LogP) is 5.11. The van der Waals surface area contributed by atoms with E-state index in [4.69, 9.17) is 0 Å². The topological polar surface area (TPSA) is 29.1 Å². The molecule has 2 nitrogen and oxygen atoms in total. The second kappa shape index (κ2) is 8.93. The van der Waals surface area contributed by atoms with E-state index < -0.39 is 0 Å². The molecule has 1 amide bonds. The van der Waals surface area contributed by atoms with Crippen molar-refractivity contribution >= 4 is 17.7 Å². The van der Waals surface area contributed by atoms with Gasteiger partial charge in [-0.3, -0.25) is 4.79 Å². The van der Waals surface area contributed by atoms with Crippen LogP contribution < -0.4 is 5.32 Å². The van der Waals surface area contributed by atoms with Crippen LogP contribution in [0.2, 0.25) is 0 Å². The summed E-state index contributed by atoms with van der Waals surface area (Å²) in [5, 5.41) is 3.13. The number of carbonyl (C=O) groups excluding carboxylic acids is 1. The lowest BCUT2D eigenvalue weighted by Gasteiger charge is -2.18. The molecule has 2 rings (SSSR count). The van der Waals surface area contributed by atoms with E-state index >= 15 is 0 Å². The predicted molar refractivity (Wildman–Crippen MR) is 104 cm³/mol. The maximum atomic E-state index is 12.2. The fraction of sp³-hybridized carbons (Fsp3) is 0.381. The molecule has 1 atom stereocenters. The van der Waals surface area contributed by atoms with Gasteiger partial charge in [-0.1, -0.05) is 42.5 Å². The first-order valence-corrected chi connectivity index (χ1v) is 9.61. The van der Waals surface area contributed by atoms with E-state index in [1.165, 1.54) is 27.8 Å². The second-order valence-electron chi connectivity index (χ2n) is 6.37. The van der Waals surface area contributed by atoms with Crippen molar-refractivity contribution in [2.45, 2.75) is 45.9 Å². The van der Waals surface area contributed by atoms with E-state index in [0.29, 0.717) is 6.42 Å². The largest absolute Gasteiger partial charge is 0.350 e. The maximum absolute atomic E-state index is 12.2. The molecular formula is C21H27NOS. The molecule has 0 radical (unpaired) electrons. The van der Waals surface area contributed by atoms with Gasteiger partial charge in [0.25, 0.3) is 0 Å². The van der Waals surface area contributed by atoms with Crippen molar-refractivity contribution < 1.29 is 4.79 Å².